The first-order valence-corrected chi connectivity index (χ1v) is 15.5. The fourth-order valence-corrected chi connectivity index (χ4v) is 7.16. The Bertz CT molecular complexity index is 2480. The average molecular weight is 617 g/mol. The summed E-state index contributed by atoms with van der Waals surface area (Å²) in [5.41, 5.74) is 7.99. The highest BCUT2D eigenvalue weighted by Gasteiger charge is 2.19. The van der Waals surface area contributed by atoms with Gasteiger partial charge >= 0.3 is 0 Å². The van der Waals surface area contributed by atoms with Gasteiger partial charge in [-0.1, -0.05) is 107 Å². The van der Waals surface area contributed by atoms with Gasteiger partial charge in [-0.3, -0.25) is 0 Å². The van der Waals surface area contributed by atoms with Crippen molar-refractivity contribution < 1.29 is 4.42 Å². The first-order valence-electron chi connectivity index (χ1n) is 14.7. The highest BCUT2D eigenvalue weighted by molar-refractivity contribution is 9.10. The number of para-hydroxylation sites is 1. The topological polar surface area (TPSA) is 18.1 Å². The molecule has 1 atom stereocenters. The molecule has 1 unspecified atom stereocenters. The lowest BCUT2D eigenvalue weighted by Crippen LogP contribution is -2.31. The molecule has 1 aliphatic carbocycles. The van der Waals surface area contributed by atoms with Crippen molar-refractivity contribution in [3.8, 4) is 16.8 Å². The van der Waals surface area contributed by atoms with Gasteiger partial charge in [0.2, 0.25) is 0 Å². The minimum Gasteiger partial charge on any atom is -0.455 e. The lowest BCUT2D eigenvalue weighted by molar-refractivity contribution is 0.672. The Morgan fingerprint density at radius 1 is 0.651 bits per heavy atom. The highest BCUT2D eigenvalue weighted by Crippen LogP contribution is 2.36. The van der Waals surface area contributed by atoms with Crippen LogP contribution in [0.25, 0.3) is 72.6 Å². The van der Waals surface area contributed by atoms with E-state index in [1.165, 1.54) is 43.5 Å². The highest BCUT2D eigenvalue weighted by atomic mass is 79.9. The Balaban J connectivity index is 1.36. The maximum Gasteiger partial charge on any atom is 0.143 e. The third-order valence-corrected chi connectivity index (χ3v) is 9.50. The third kappa shape index (κ3) is 3.92. The van der Waals surface area contributed by atoms with Crippen molar-refractivity contribution >= 4 is 71.7 Å². The van der Waals surface area contributed by atoms with E-state index in [0.29, 0.717) is 5.92 Å². The van der Waals surface area contributed by atoms with E-state index in [0.717, 1.165) is 43.9 Å². The van der Waals surface area contributed by atoms with Crippen LogP contribution in [0.15, 0.2) is 136 Å². The van der Waals surface area contributed by atoms with Crippen LogP contribution in [0.4, 0.5) is 0 Å². The molecule has 204 valence electrons. The number of hydrogen-bond acceptors (Lipinski definition) is 1. The van der Waals surface area contributed by atoms with Crippen LogP contribution in [0.2, 0.25) is 0 Å². The second-order valence-corrected chi connectivity index (χ2v) is 12.4. The molecule has 2 heterocycles. The monoisotopic (exact) mass is 615 g/mol. The van der Waals surface area contributed by atoms with Crippen LogP contribution in [0.3, 0.4) is 0 Å². The molecule has 0 radical (unpaired) electrons. The van der Waals surface area contributed by atoms with Gasteiger partial charge in [-0.05, 0) is 77.0 Å². The molecule has 0 amide bonds. The van der Waals surface area contributed by atoms with E-state index in [-0.39, 0.29) is 0 Å². The summed E-state index contributed by atoms with van der Waals surface area (Å²) in [7, 11) is 0. The van der Waals surface area contributed by atoms with E-state index < -0.39 is 0 Å². The normalized spacial score (nSPS) is 14.7. The molecule has 9 rings (SSSR count). The van der Waals surface area contributed by atoms with Gasteiger partial charge in [-0.25, -0.2) is 0 Å². The SMILES string of the molecule is Brc1ccc(C2C=c3c(n(-c4cccc(-c5ccccc5)c4)c4cc5c(ccc6c7ccccc7oc56)cc34)=CC2)cc1. The van der Waals surface area contributed by atoms with Gasteiger partial charge in [0.1, 0.15) is 11.2 Å². The van der Waals surface area contributed by atoms with Crippen LogP contribution in [0.1, 0.15) is 17.9 Å². The van der Waals surface area contributed by atoms with Crippen LogP contribution in [0, 0.1) is 0 Å². The van der Waals surface area contributed by atoms with Crippen LogP contribution in [0.5, 0.6) is 0 Å². The average Bonchev–Trinajstić information content (AvgIpc) is 3.60. The second-order valence-electron chi connectivity index (χ2n) is 11.4. The molecule has 43 heavy (non-hydrogen) atoms. The zero-order chi connectivity index (χ0) is 28.5. The Morgan fingerprint density at radius 2 is 1.47 bits per heavy atom. The molecule has 0 saturated heterocycles. The minimum absolute atomic E-state index is 0.323. The summed E-state index contributed by atoms with van der Waals surface area (Å²) >= 11 is 3.60. The van der Waals surface area contributed by atoms with Crippen LogP contribution >= 0.6 is 15.9 Å². The molecule has 0 fully saturated rings. The Kier molecular flexibility index (Phi) is 5.51. The minimum atomic E-state index is 0.323. The van der Waals surface area contributed by atoms with Crippen molar-refractivity contribution in [2.24, 2.45) is 0 Å². The van der Waals surface area contributed by atoms with Gasteiger partial charge in [0, 0.05) is 48.2 Å². The summed E-state index contributed by atoms with van der Waals surface area (Å²) in [6.45, 7) is 0. The number of aromatic nitrogens is 1. The Labute approximate surface area is 256 Å². The summed E-state index contributed by atoms with van der Waals surface area (Å²) < 4.78 is 10.1. The van der Waals surface area contributed by atoms with Crippen LogP contribution in [-0.4, -0.2) is 4.57 Å². The van der Waals surface area contributed by atoms with Gasteiger partial charge in [-0.15, -0.1) is 0 Å². The number of rotatable bonds is 3. The molecule has 0 aliphatic heterocycles. The first-order chi connectivity index (χ1) is 21.2. The third-order valence-electron chi connectivity index (χ3n) is 8.97. The number of halogens is 1. The lowest BCUT2D eigenvalue weighted by Gasteiger charge is -2.15. The summed E-state index contributed by atoms with van der Waals surface area (Å²) in [5.74, 6) is 0.323. The van der Waals surface area contributed by atoms with Crippen LogP contribution < -0.4 is 10.6 Å². The van der Waals surface area contributed by atoms with Crippen molar-refractivity contribution in [1.29, 1.82) is 0 Å². The number of fused-ring (bicyclic) bond motifs is 8. The fourth-order valence-electron chi connectivity index (χ4n) is 6.89. The molecular weight excluding hydrogens is 590 g/mol. The first kappa shape index (κ1) is 24.7. The maximum atomic E-state index is 6.50. The fraction of sp³-hybridized carbons (Fsp3) is 0.0500. The molecule has 0 bridgehead atoms. The predicted molar refractivity (Wildman–Crippen MR) is 183 cm³/mol. The molecule has 2 nitrogen and oxygen atoms in total. The summed E-state index contributed by atoms with van der Waals surface area (Å²) in [4.78, 5) is 0. The molecular formula is C40H26BrNO. The van der Waals surface area contributed by atoms with Crippen molar-refractivity contribution in [3.05, 3.63) is 148 Å². The quantitative estimate of drug-likeness (QED) is 0.193. The van der Waals surface area contributed by atoms with E-state index in [9.17, 15) is 0 Å². The molecule has 2 aromatic heterocycles. The molecule has 0 saturated carbocycles. The molecule has 8 aromatic rings. The number of nitrogens with zero attached hydrogens (tertiary/aromatic N) is 1. The molecule has 0 spiro atoms. The predicted octanol–water partition coefficient (Wildman–Crippen LogP) is 9.86. The smallest absolute Gasteiger partial charge is 0.143 e. The Morgan fingerprint density at radius 3 is 2.35 bits per heavy atom. The van der Waals surface area contributed by atoms with Gasteiger partial charge in [0.25, 0.3) is 0 Å². The largest absolute Gasteiger partial charge is 0.455 e. The second kappa shape index (κ2) is 9.58. The van der Waals surface area contributed by atoms with Crippen molar-refractivity contribution in [2.75, 3.05) is 0 Å². The molecule has 1 aliphatic rings. The standard InChI is InChI=1S/C40H26BrNO/c41-30-17-13-26(14-18-30)28-16-20-37-35(22-28)36-23-29-15-19-33-32-11-4-5-12-39(32)43-40(33)34(29)24-38(36)42(37)31-10-6-9-27(21-31)25-7-2-1-3-8-25/h1-15,17-24,28H,16H2. The van der Waals surface area contributed by atoms with E-state index in [1.54, 1.807) is 0 Å². The van der Waals surface area contributed by atoms with E-state index >= 15 is 0 Å². The van der Waals surface area contributed by atoms with Crippen LogP contribution in [-0.2, 0) is 0 Å². The summed E-state index contributed by atoms with van der Waals surface area (Å²) in [6.07, 6.45) is 5.86. The van der Waals surface area contributed by atoms with Crippen molar-refractivity contribution in [3.63, 3.8) is 0 Å². The van der Waals surface area contributed by atoms with Crippen molar-refractivity contribution in [1.82, 2.24) is 4.57 Å². The summed E-state index contributed by atoms with van der Waals surface area (Å²) in [6, 6.07) is 45.8. The lowest BCUT2D eigenvalue weighted by atomic mass is 9.91. The van der Waals surface area contributed by atoms with E-state index in [1.807, 2.05) is 6.07 Å². The molecule has 0 N–H and O–H groups in total. The van der Waals surface area contributed by atoms with Gasteiger partial charge in [0.15, 0.2) is 0 Å². The van der Waals surface area contributed by atoms with Crippen molar-refractivity contribution in [2.45, 2.75) is 12.3 Å². The van der Waals surface area contributed by atoms with Gasteiger partial charge < -0.3 is 8.98 Å². The van der Waals surface area contributed by atoms with E-state index in [4.69, 9.17) is 4.42 Å². The number of furan rings is 1. The Hall–Kier alpha value is -4.86. The van der Waals surface area contributed by atoms with Gasteiger partial charge in [0.05, 0.1) is 5.52 Å². The zero-order valence-corrected chi connectivity index (χ0v) is 24.9. The molecule has 6 aromatic carbocycles. The summed E-state index contributed by atoms with van der Waals surface area (Å²) in [5, 5.41) is 8.46. The molecule has 3 heteroatoms. The zero-order valence-electron chi connectivity index (χ0n) is 23.3. The number of benzene rings is 6. The number of hydrogen-bond donors (Lipinski definition) is 0. The van der Waals surface area contributed by atoms with E-state index in [2.05, 4.69) is 154 Å². The maximum absolute atomic E-state index is 6.50. The van der Waals surface area contributed by atoms with Gasteiger partial charge in [-0.2, -0.15) is 0 Å².